The predicted octanol–water partition coefficient (Wildman–Crippen LogP) is 1.90. The van der Waals surface area contributed by atoms with Crippen molar-refractivity contribution >= 4 is 27.9 Å². The molecular formula is C11H19N3O2S. The summed E-state index contributed by atoms with van der Waals surface area (Å²) in [6.45, 7) is 5.11. The Hall–Kier alpha value is -1.43. The summed E-state index contributed by atoms with van der Waals surface area (Å²) in [5.41, 5.74) is 11.3. The van der Waals surface area contributed by atoms with E-state index in [1.807, 2.05) is 0 Å². The second-order valence-electron chi connectivity index (χ2n) is 4.18. The molecule has 1 heterocycles. The molecule has 0 atom stereocenters. The van der Waals surface area contributed by atoms with Crippen LogP contribution in [0.3, 0.4) is 0 Å². The van der Waals surface area contributed by atoms with E-state index in [-0.39, 0.29) is 0 Å². The standard InChI is InChI=1S/C11H19N3O2S/c1-6(2)4-5-14-11-8(16-3)7(12)9(17-11)10(13)15/h6,14H,4-5,12H2,1-3H3,(H2,13,15). The minimum atomic E-state index is -0.525. The van der Waals surface area contributed by atoms with E-state index in [1.54, 1.807) is 0 Å². The molecule has 1 aromatic heterocycles. The Balaban J connectivity index is 2.84. The number of nitrogens with two attached hydrogens (primary N) is 2. The fraction of sp³-hybridized carbons (Fsp3) is 0.545. The number of amides is 1. The average molecular weight is 257 g/mol. The van der Waals surface area contributed by atoms with Gasteiger partial charge in [-0.05, 0) is 12.3 Å². The van der Waals surface area contributed by atoms with Crippen molar-refractivity contribution in [2.24, 2.45) is 11.7 Å². The van der Waals surface area contributed by atoms with Gasteiger partial charge in [0, 0.05) is 6.54 Å². The summed E-state index contributed by atoms with van der Waals surface area (Å²) < 4.78 is 5.18. The number of nitrogen functional groups attached to an aromatic ring is 1. The number of anilines is 2. The summed E-state index contributed by atoms with van der Waals surface area (Å²) in [6.07, 6.45) is 1.03. The monoisotopic (exact) mass is 257 g/mol. The molecule has 0 fully saturated rings. The van der Waals surface area contributed by atoms with E-state index in [1.165, 1.54) is 18.4 Å². The van der Waals surface area contributed by atoms with E-state index in [4.69, 9.17) is 16.2 Å². The number of hydrogen-bond donors (Lipinski definition) is 3. The van der Waals surface area contributed by atoms with E-state index in [9.17, 15) is 4.79 Å². The highest BCUT2D eigenvalue weighted by Gasteiger charge is 2.19. The molecule has 0 aliphatic rings. The van der Waals surface area contributed by atoms with Crippen molar-refractivity contribution in [3.05, 3.63) is 4.88 Å². The van der Waals surface area contributed by atoms with Crippen LogP contribution in [0.25, 0.3) is 0 Å². The van der Waals surface area contributed by atoms with Gasteiger partial charge in [0.05, 0.1) is 7.11 Å². The van der Waals surface area contributed by atoms with Crippen LogP contribution < -0.4 is 21.5 Å². The Kier molecular flexibility index (Phi) is 4.62. The van der Waals surface area contributed by atoms with Crippen LogP contribution in [0.15, 0.2) is 0 Å². The quantitative estimate of drug-likeness (QED) is 0.726. The van der Waals surface area contributed by atoms with Gasteiger partial charge < -0.3 is 21.5 Å². The molecule has 0 aromatic carbocycles. The van der Waals surface area contributed by atoms with Gasteiger partial charge in [0.15, 0.2) is 5.75 Å². The lowest BCUT2D eigenvalue weighted by atomic mass is 10.1. The number of primary amides is 1. The summed E-state index contributed by atoms with van der Waals surface area (Å²) in [7, 11) is 1.52. The second kappa shape index (κ2) is 5.77. The molecule has 0 saturated carbocycles. The molecule has 96 valence electrons. The Labute approximate surface area is 105 Å². The minimum Gasteiger partial charge on any atom is -0.492 e. The molecule has 6 heteroatoms. The molecule has 0 unspecified atom stereocenters. The number of thiophene rings is 1. The van der Waals surface area contributed by atoms with Crippen LogP contribution in [0.1, 0.15) is 29.9 Å². The highest BCUT2D eigenvalue weighted by Crippen LogP contribution is 2.42. The van der Waals surface area contributed by atoms with Crippen molar-refractivity contribution in [2.45, 2.75) is 20.3 Å². The number of rotatable bonds is 6. The topological polar surface area (TPSA) is 90.4 Å². The fourth-order valence-electron chi connectivity index (χ4n) is 1.41. The molecule has 1 amide bonds. The summed E-state index contributed by atoms with van der Waals surface area (Å²) in [4.78, 5) is 11.5. The maximum absolute atomic E-state index is 11.2. The first-order chi connectivity index (χ1) is 7.97. The number of hydrogen-bond acceptors (Lipinski definition) is 5. The first-order valence-corrected chi connectivity index (χ1v) is 6.29. The number of methoxy groups -OCH3 is 1. The Morgan fingerprint density at radius 2 is 2.18 bits per heavy atom. The maximum atomic E-state index is 11.2. The smallest absolute Gasteiger partial charge is 0.261 e. The normalized spacial score (nSPS) is 10.6. The van der Waals surface area contributed by atoms with Crippen LogP contribution in [-0.4, -0.2) is 19.6 Å². The van der Waals surface area contributed by atoms with Crippen LogP contribution in [-0.2, 0) is 0 Å². The Morgan fingerprint density at radius 3 is 2.65 bits per heavy atom. The van der Waals surface area contributed by atoms with E-state index in [0.29, 0.717) is 22.2 Å². The lowest BCUT2D eigenvalue weighted by Gasteiger charge is -2.08. The highest BCUT2D eigenvalue weighted by molar-refractivity contribution is 7.19. The molecule has 5 N–H and O–H groups in total. The van der Waals surface area contributed by atoms with Gasteiger partial charge >= 0.3 is 0 Å². The van der Waals surface area contributed by atoms with Crippen molar-refractivity contribution in [2.75, 3.05) is 24.7 Å². The molecule has 0 aliphatic carbocycles. The van der Waals surface area contributed by atoms with Gasteiger partial charge in [-0.1, -0.05) is 13.8 Å². The molecule has 1 rings (SSSR count). The van der Waals surface area contributed by atoms with Gasteiger partial charge in [-0.15, -0.1) is 11.3 Å². The summed E-state index contributed by atoms with van der Waals surface area (Å²) in [5.74, 6) is 0.594. The van der Waals surface area contributed by atoms with E-state index >= 15 is 0 Å². The molecule has 0 aliphatic heterocycles. The van der Waals surface area contributed by atoms with Crippen LogP contribution in [0, 0.1) is 5.92 Å². The molecule has 17 heavy (non-hydrogen) atoms. The third-order valence-electron chi connectivity index (χ3n) is 2.33. The Morgan fingerprint density at radius 1 is 1.53 bits per heavy atom. The second-order valence-corrected chi connectivity index (χ2v) is 5.20. The SMILES string of the molecule is COc1c(NCCC(C)C)sc(C(N)=O)c1N. The summed E-state index contributed by atoms with van der Waals surface area (Å²) in [5, 5.41) is 3.98. The molecule has 0 saturated heterocycles. The zero-order valence-corrected chi connectivity index (χ0v) is 11.2. The molecule has 5 nitrogen and oxygen atoms in total. The van der Waals surface area contributed by atoms with Crippen molar-refractivity contribution < 1.29 is 9.53 Å². The average Bonchev–Trinajstić information content (AvgIpc) is 2.54. The van der Waals surface area contributed by atoms with E-state index < -0.39 is 5.91 Å². The molecule has 0 radical (unpaired) electrons. The minimum absolute atomic E-state index is 0.317. The van der Waals surface area contributed by atoms with Crippen molar-refractivity contribution in [1.29, 1.82) is 0 Å². The molecule has 0 bridgehead atoms. The summed E-state index contributed by atoms with van der Waals surface area (Å²) >= 11 is 1.23. The van der Waals surface area contributed by atoms with Gasteiger partial charge in [0.25, 0.3) is 5.91 Å². The van der Waals surface area contributed by atoms with Crippen molar-refractivity contribution in [1.82, 2.24) is 0 Å². The van der Waals surface area contributed by atoms with Crippen LogP contribution in [0.2, 0.25) is 0 Å². The highest BCUT2D eigenvalue weighted by atomic mass is 32.1. The van der Waals surface area contributed by atoms with Crippen molar-refractivity contribution in [3.63, 3.8) is 0 Å². The number of nitrogens with one attached hydrogen (secondary N) is 1. The predicted molar refractivity (Wildman–Crippen MR) is 71.7 cm³/mol. The lowest BCUT2D eigenvalue weighted by molar-refractivity contribution is 0.100. The third-order valence-corrected chi connectivity index (χ3v) is 3.49. The fourth-order valence-corrected chi connectivity index (χ4v) is 2.37. The third kappa shape index (κ3) is 3.26. The van der Waals surface area contributed by atoms with E-state index in [2.05, 4.69) is 19.2 Å². The number of ether oxygens (including phenoxy) is 1. The van der Waals surface area contributed by atoms with Crippen LogP contribution in [0.5, 0.6) is 5.75 Å². The molecule has 0 spiro atoms. The number of carbonyl (C=O) groups is 1. The summed E-state index contributed by atoms with van der Waals surface area (Å²) in [6, 6.07) is 0. The van der Waals surface area contributed by atoms with Crippen molar-refractivity contribution in [3.8, 4) is 5.75 Å². The first kappa shape index (κ1) is 13.6. The largest absolute Gasteiger partial charge is 0.492 e. The molecular weight excluding hydrogens is 238 g/mol. The zero-order chi connectivity index (χ0) is 13.0. The Bertz CT molecular complexity index is 402. The van der Waals surface area contributed by atoms with Gasteiger partial charge in [-0.3, -0.25) is 4.79 Å². The van der Waals surface area contributed by atoms with Gasteiger partial charge in [-0.25, -0.2) is 0 Å². The van der Waals surface area contributed by atoms with E-state index in [0.717, 1.165) is 18.0 Å². The number of carbonyl (C=O) groups excluding carboxylic acids is 1. The maximum Gasteiger partial charge on any atom is 0.261 e. The lowest BCUT2D eigenvalue weighted by Crippen LogP contribution is -2.10. The van der Waals surface area contributed by atoms with Crippen LogP contribution in [0.4, 0.5) is 10.7 Å². The van der Waals surface area contributed by atoms with Gasteiger partial charge in [0.2, 0.25) is 0 Å². The van der Waals surface area contributed by atoms with Gasteiger partial charge in [0.1, 0.15) is 15.6 Å². The molecule has 1 aromatic rings. The van der Waals surface area contributed by atoms with Crippen LogP contribution >= 0.6 is 11.3 Å². The zero-order valence-electron chi connectivity index (χ0n) is 10.4. The van der Waals surface area contributed by atoms with Gasteiger partial charge in [-0.2, -0.15) is 0 Å². The first-order valence-electron chi connectivity index (χ1n) is 5.47.